The highest BCUT2D eigenvalue weighted by Gasteiger charge is 2.58. The molecule has 8 heteroatoms. The van der Waals surface area contributed by atoms with Crippen LogP contribution in [0.2, 0.25) is 0 Å². The molecule has 7 nitrogen and oxygen atoms in total. The minimum absolute atomic E-state index is 0.0567. The van der Waals surface area contributed by atoms with E-state index in [0.29, 0.717) is 18.5 Å². The molecule has 1 aliphatic heterocycles. The van der Waals surface area contributed by atoms with Gasteiger partial charge in [0, 0.05) is 19.2 Å². The number of Topliss-reactive ketones (excluding diaryl/α,β-unsaturated/α-hetero) is 1. The number of ether oxygens (including phenoxy) is 1. The Kier molecular flexibility index (Phi) is 7.74. The summed E-state index contributed by atoms with van der Waals surface area (Å²) < 4.78 is 33.3. The zero-order chi connectivity index (χ0) is 26.0. The summed E-state index contributed by atoms with van der Waals surface area (Å²) in [6.07, 6.45) is 3.91. The Labute approximate surface area is 208 Å². The predicted octanol–water partition coefficient (Wildman–Crippen LogP) is 5.12. The zero-order valence-electron chi connectivity index (χ0n) is 21.4. The fourth-order valence-electron chi connectivity index (χ4n) is 5.15. The SMILES string of the molecule is CCCC1(CCC)OC(=O)C(C(c2cccc(N(C)S(=O)(=O)c3ccccn3)c2)C(C)(C)C)C1=O. The van der Waals surface area contributed by atoms with Gasteiger partial charge in [-0.05, 0) is 48.1 Å². The van der Waals surface area contributed by atoms with Gasteiger partial charge in [-0.15, -0.1) is 0 Å². The van der Waals surface area contributed by atoms with E-state index >= 15 is 0 Å². The van der Waals surface area contributed by atoms with Crippen LogP contribution in [0.25, 0.3) is 0 Å². The summed E-state index contributed by atoms with van der Waals surface area (Å²) in [4.78, 5) is 31.0. The van der Waals surface area contributed by atoms with Gasteiger partial charge in [0.15, 0.2) is 16.4 Å². The third-order valence-corrected chi connectivity index (χ3v) is 8.41. The van der Waals surface area contributed by atoms with E-state index in [2.05, 4.69) is 4.98 Å². The number of rotatable bonds is 9. The molecule has 1 saturated heterocycles. The topological polar surface area (TPSA) is 93.6 Å². The van der Waals surface area contributed by atoms with Gasteiger partial charge in [-0.2, -0.15) is 8.42 Å². The maximum atomic E-state index is 13.8. The van der Waals surface area contributed by atoms with Gasteiger partial charge >= 0.3 is 5.97 Å². The molecule has 0 saturated carbocycles. The lowest BCUT2D eigenvalue weighted by Gasteiger charge is -2.34. The molecule has 0 bridgehead atoms. The number of cyclic esters (lactones) is 1. The molecule has 0 aliphatic carbocycles. The van der Waals surface area contributed by atoms with Crippen molar-refractivity contribution in [3.8, 4) is 0 Å². The Hall–Kier alpha value is -2.74. The van der Waals surface area contributed by atoms with Gasteiger partial charge in [-0.3, -0.25) is 13.9 Å². The van der Waals surface area contributed by atoms with Crippen LogP contribution in [0.15, 0.2) is 53.7 Å². The summed E-state index contributed by atoms with van der Waals surface area (Å²) in [5.74, 6) is -2.08. The number of aromatic nitrogens is 1. The van der Waals surface area contributed by atoms with Crippen molar-refractivity contribution in [1.82, 2.24) is 4.98 Å². The number of ketones is 1. The summed E-state index contributed by atoms with van der Waals surface area (Å²) in [6, 6.07) is 11.8. The molecule has 0 radical (unpaired) electrons. The van der Waals surface area contributed by atoms with Crippen LogP contribution in [-0.4, -0.2) is 37.8 Å². The number of pyridine rings is 1. The van der Waals surface area contributed by atoms with Crippen molar-refractivity contribution < 1.29 is 22.7 Å². The molecule has 2 aromatic rings. The number of nitrogens with zero attached hydrogens (tertiary/aromatic N) is 2. The normalized spacial score (nSPS) is 18.9. The second kappa shape index (κ2) is 10.1. The first-order valence-electron chi connectivity index (χ1n) is 12.2. The van der Waals surface area contributed by atoms with E-state index < -0.39 is 38.8 Å². The van der Waals surface area contributed by atoms with Crippen molar-refractivity contribution in [3.63, 3.8) is 0 Å². The maximum Gasteiger partial charge on any atom is 0.318 e. The van der Waals surface area contributed by atoms with E-state index in [9.17, 15) is 18.0 Å². The number of carbonyl (C=O) groups is 2. The Morgan fingerprint density at radius 3 is 2.26 bits per heavy atom. The molecule has 0 amide bonds. The van der Waals surface area contributed by atoms with Gasteiger partial charge in [0.1, 0.15) is 5.92 Å². The second-order valence-electron chi connectivity index (χ2n) is 10.3. The molecule has 35 heavy (non-hydrogen) atoms. The van der Waals surface area contributed by atoms with Crippen LogP contribution in [0.3, 0.4) is 0 Å². The minimum atomic E-state index is -3.88. The first kappa shape index (κ1) is 26.9. The van der Waals surface area contributed by atoms with Crippen LogP contribution in [0.5, 0.6) is 0 Å². The van der Waals surface area contributed by atoms with Gasteiger partial charge in [0.25, 0.3) is 10.0 Å². The zero-order valence-corrected chi connectivity index (χ0v) is 22.3. The Morgan fingerprint density at radius 1 is 1.06 bits per heavy atom. The van der Waals surface area contributed by atoms with E-state index in [1.54, 1.807) is 30.3 Å². The van der Waals surface area contributed by atoms with Crippen LogP contribution in [0, 0.1) is 11.3 Å². The average Bonchev–Trinajstić information content (AvgIpc) is 3.03. The number of hydrogen-bond donors (Lipinski definition) is 0. The third kappa shape index (κ3) is 5.13. The molecule has 1 aromatic heterocycles. The van der Waals surface area contributed by atoms with Gasteiger partial charge in [0.2, 0.25) is 0 Å². The number of sulfonamides is 1. The number of anilines is 1. The van der Waals surface area contributed by atoms with Crippen molar-refractivity contribution >= 4 is 27.5 Å². The maximum absolute atomic E-state index is 13.8. The van der Waals surface area contributed by atoms with Crippen LogP contribution in [-0.2, 0) is 24.3 Å². The molecular formula is C27H36N2O5S. The highest BCUT2D eigenvalue weighted by atomic mass is 32.2. The summed E-state index contributed by atoms with van der Waals surface area (Å²) in [5.41, 5.74) is -0.400. The average molecular weight is 501 g/mol. The fraction of sp³-hybridized carbons (Fsp3) is 0.519. The van der Waals surface area contributed by atoms with Gasteiger partial charge in [-0.1, -0.05) is 65.7 Å². The Balaban J connectivity index is 2.06. The first-order chi connectivity index (χ1) is 16.4. The van der Waals surface area contributed by atoms with Crippen LogP contribution < -0.4 is 4.31 Å². The molecule has 2 heterocycles. The molecule has 1 aromatic carbocycles. The highest BCUT2D eigenvalue weighted by molar-refractivity contribution is 7.92. The second-order valence-corrected chi connectivity index (χ2v) is 12.3. The first-order valence-corrected chi connectivity index (χ1v) is 13.6. The number of hydrogen-bond acceptors (Lipinski definition) is 6. The van der Waals surface area contributed by atoms with E-state index in [1.165, 1.54) is 23.6 Å². The molecule has 2 atom stereocenters. The van der Waals surface area contributed by atoms with Crippen molar-refractivity contribution in [2.24, 2.45) is 11.3 Å². The van der Waals surface area contributed by atoms with E-state index in [0.717, 1.165) is 18.4 Å². The quantitative estimate of drug-likeness (QED) is 0.351. The molecular weight excluding hydrogens is 464 g/mol. The summed E-state index contributed by atoms with van der Waals surface area (Å²) in [5, 5.41) is -0.0567. The molecule has 0 N–H and O–H groups in total. The molecule has 3 rings (SSSR count). The van der Waals surface area contributed by atoms with Gasteiger partial charge < -0.3 is 4.74 Å². The van der Waals surface area contributed by atoms with Crippen molar-refractivity contribution in [1.29, 1.82) is 0 Å². The number of esters is 1. The predicted molar refractivity (Wildman–Crippen MR) is 136 cm³/mol. The summed E-state index contributed by atoms with van der Waals surface area (Å²) >= 11 is 0. The third-order valence-electron chi connectivity index (χ3n) is 6.71. The highest BCUT2D eigenvalue weighted by Crippen LogP contribution is 2.49. The van der Waals surface area contributed by atoms with Gasteiger partial charge in [0.05, 0.1) is 5.69 Å². The van der Waals surface area contributed by atoms with E-state index in [1.807, 2.05) is 40.7 Å². The number of benzene rings is 1. The summed E-state index contributed by atoms with van der Waals surface area (Å²) in [7, 11) is -2.41. The largest absolute Gasteiger partial charge is 0.450 e. The lowest BCUT2D eigenvalue weighted by Crippen LogP contribution is -2.40. The standard InChI is InChI=1S/C27H36N2O5S/c1-7-15-27(16-8-2)24(30)22(25(31)34-27)23(26(3,4)5)19-12-11-13-20(18-19)29(6)35(32,33)21-14-9-10-17-28-21/h9-14,17-18,22-23H,7-8,15-16H2,1-6H3. The van der Waals surface area contributed by atoms with E-state index in [4.69, 9.17) is 4.74 Å². The van der Waals surface area contributed by atoms with Crippen molar-refractivity contribution in [2.75, 3.05) is 11.4 Å². The monoisotopic (exact) mass is 500 g/mol. The molecule has 1 aliphatic rings. The van der Waals surface area contributed by atoms with Crippen LogP contribution in [0.1, 0.15) is 71.8 Å². The van der Waals surface area contributed by atoms with Crippen molar-refractivity contribution in [2.45, 2.75) is 76.8 Å². The molecule has 0 spiro atoms. The van der Waals surface area contributed by atoms with Crippen molar-refractivity contribution in [3.05, 3.63) is 54.2 Å². The molecule has 1 fully saturated rings. The van der Waals surface area contributed by atoms with Gasteiger partial charge in [-0.25, -0.2) is 4.98 Å². The smallest absolute Gasteiger partial charge is 0.318 e. The van der Waals surface area contributed by atoms with E-state index in [-0.39, 0.29) is 10.8 Å². The van der Waals surface area contributed by atoms with Crippen LogP contribution >= 0.6 is 0 Å². The van der Waals surface area contributed by atoms with Crippen LogP contribution in [0.4, 0.5) is 5.69 Å². The minimum Gasteiger partial charge on any atom is -0.450 e. The fourth-order valence-corrected chi connectivity index (χ4v) is 6.27. The number of carbonyl (C=O) groups excluding carboxylic acids is 2. The Bertz CT molecular complexity index is 1170. The lowest BCUT2D eigenvalue weighted by molar-refractivity contribution is -0.154. The molecule has 190 valence electrons. The Morgan fingerprint density at radius 2 is 1.71 bits per heavy atom. The lowest BCUT2D eigenvalue weighted by atomic mass is 9.66. The molecule has 2 unspecified atom stereocenters. The summed E-state index contributed by atoms with van der Waals surface area (Å²) in [6.45, 7) is 9.92.